The van der Waals surface area contributed by atoms with E-state index in [1.165, 1.54) is 0 Å². The smallest absolute Gasteiger partial charge is 0.316 e. The number of anilines is 1. The van der Waals surface area contributed by atoms with Crippen molar-refractivity contribution < 1.29 is 9.59 Å². The van der Waals surface area contributed by atoms with Gasteiger partial charge in [0.05, 0.1) is 0 Å². The summed E-state index contributed by atoms with van der Waals surface area (Å²) in [4.78, 5) is 23.0. The Labute approximate surface area is 145 Å². The van der Waals surface area contributed by atoms with Crippen molar-refractivity contribution in [1.29, 1.82) is 0 Å². The van der Waals surface area contributed by atoms with Crippen molar-refractivity contribution in [3.63, 3.8) is 0 Å². The quantitative estimate of drug-likeness (QED) is 0.778. The lowest BCUT2D eigenvalue weighted by Gasteiger charge is -2.07. The molecule has 0 aromatic heterocycles. The predicted octanol–water partition coefficient (Wildman–Crippen LogP) is 3.25. The van der Waals surface area contributed by atoms with Crippen LogP contribution in [-0.2, 0) is 11.3 Å². The monoisotopic (exact) mass is 343 g/mol. The molecular weight excluding hydrogens is 326 g/mol. The zero-order valence-corrected chi connectivity index (χ0v) is 13.7. The highest BCUT2D eigenvalue weighted by atomic mass is 35.5. The normalized spacial score (nSPS) is 18.7. The predicted molar refractivity (Wildman–Crippen MR) is 93.8 cm³/mol. The van der Waals surface area contributed by atoms with E-state index in [1.807, 2.05) is 36.4 Å². The number of hydrogen-bond acceptors (Lipinski definition) is 2. The van der Waals surface area contributed by atoms with Gasteiger partial charge in [0, 0.05) is 23.2 Å². The molecule has 2 atom stereocenters. The fourth-order valence-electron chi connectivity index (χ4n) is 2.76. The van der Waals surface area contributed by atoms with Crippen LogP contribution in [0.3, 0.4) is 0 Å². The number of hydrogen-bond donors (Lipinski definition) is 3. The largest absolute Gasteiger partial charge is 0.352 e. The molecule has 4 N–H and O–H groups in total. The summed E-state index contributed by atoms with van der Waals surface area (Å²) in [5, 5.41) is 6.14. The molecule has 124 valence electrons. The van der Waals surface area contributed by atoms with Crippen LogP contribution in [0.1, 0.15) is 23.5 Å². The Balaban J connectivity index is 1.50. The molecule has 0 aliphatic heterocycles. The van der Waals surface area contributed by atoms with E-state index in [9.17, 15) is 9.59 Å². The van der Waals surface area contributed by atoms with Gasteiger partial charge < -0.3 is 16.4 Å². The molecule has 1 saturated carbocycles. The van der Waals surface area contributed by atoms with E-state index in [2.05, 4.69) is 10.6 Å². The zero-order valence-electron chi connectivity index (χ0n) is 13.0. The minimum Gasteiger partial charge on any atom is -0.352 e. The van der Waals surface area contributed by atoms with E-state index in [1.54, 1.807) is 12.1 Å². The molecule has 2 aromatic carbocycles. The number of nitrogens with one attached hydrogen (secondary N) is 2. The SMILES string of the molecule is NC(=O)Nc1ccc(CNC(=O)[C@H]2C[C@H]2c2cccc(Cl)c2)cc1. The highest BCUT2D eigenvalue weighted by Crippen LogP contribution is 2.47. The van der Waals surface area contributed by atoms with Crippen molar-refractivity contribution in [2.75, 3.05) is 5.32 Å². The van der Waals surface area contributed by atoms with Crippen LogP contribution in [-0.4, -0.2) is 11.9 Å². The highest BCUT2D eigenvalue weighted by Gasteiger charge is 2.43. The first-order chi connectivity index (χ1) is 11.5. The summed E-state index contributed by atoms with van der Waals surface area (Å²) < 4.78 is 0. The van der Waals surface area contributed by atoms with Crippen LogP contribution in [0.5, 0.6) is 0 Å². The van der Waals surface area contributed by atoms with Crippen LogP contribution in [0, 0.1) is 5.92 Å². The second kappa shape index (κ2) is 6.93. The number of nitrogens with two attached hydrogens (primary N) is 1. The molecule has 3 amide bonds. The standard InChI is InChI=1S/C18H18ClN3O2/c19-13-3-1-2-12(8-13)15-9-16(15)17(23)21-10-11-4-6-14(7-5-11)22-18(20)24/h1-8,15-16H,9-10H2,(H,21,23)(H3,20,22,24)/t15-,16-/m0/s1. The van der Waals surface area contributed by atoms with Crippen LogP contribution in [0.2, 0.25) is 5.02 Å². The molecule has 5 nitrogen and oxygen atoms in total. The van der Waals surface area contributed by atoms with Gasteiger partial charge in [-0.1, -0.05) is 35.9 Å². The van der Waals surface area contributed by atoms with E-state index < -0.39 is 6.03 Å². The first-order valence-corrected chi connectivity index (χ1v) is 8.09. The van der Waals surface area contributed by atoms with Gasteiger partial charge >= 0.3 is 6.03 Å². The molecule has 1 fully saturated rings. The molecule has 6 heteroatoms. The second-order valence-corrected chi connectivity index (χ2v) is 6.34. The molecule has 1 aliphatic carbocycles. The van der Waals surface area contributed by atoms with Crippen LogP contribution < -0.4 is 16.4 Å². The van der Waals surface area contributed by atoms with Gasteiger partial charge in [-0.15, -0.1) is 0 Å². The first-order valence-electron chi connectivity index (χ1n) is 7.71. The van der Waals surface area contributed by atoms with Crippen molar-refractivity contribution in [1.82, 2.24) is 5.32 Å². The minimum atomic E-state index is -0.600. The van der Waals surface area contributed by atoms with Crippen molar-refractivity contribution in [3.05, 3.63) is 64.7 Å². The fraction of sp³-hybridized carbons (Fsp3) is 0.222. The third kappa shape index (κ3) is 4.06. The number of rotatable bonds is 5. The Bertz CT molecular complexity index is 761. The maximum Gasteiger partial charge on any atom is 0.316 e. The Hall–Kier alpha value is -2.53. The summed E-state index contributed by atoms with van der Waals surface area (Å²) in [6.07, 6.45) is 0.855. The molecule has 0 radical (unpaired) electrons. The molecule has 0 unspecified atom stereocenters. The third-order valence-electron chi connectivity index (χ3n) is 4.09. The van der Waals surface area contributed by atoms with Crippen LogP contribution in [0.25, 0.3) is 0 Å². The van der Waals surface area contributed by atoms with Crippen molar-refractivity contribution in [2.24, 2.45) is 11.7 Å². The van der Waals surface area contributed by atoms with E-state index in [0.29, 0.717) is 17.3 Å². The van der Waals surface area contributed by atoms with E-state index in [4.69, 9.17) is 17.3 Å². The molecule has 0 bridgehead atoms. The van der Waals surface area contributed by atoms with Crippen LogP contribution in [0.4, 0.5) is 10.5 Å². The molecule has 0 heterocycles. The summed E-state index contributed by atoms with van der Waals surface area (Å²) in [5.74, 6) is 0.324. The molecule has 2 aromatic rings. The van der Waals surface area contributed by atoms with Gasteiger partial charge in [-0.2, -0.15) is 0 Å². The summed E-state index contributed by atoms with van der Waals surface area (Å²) in [6.45, 7) is 0.453. The number of primary amides is 1. The van der Waals surface area contributed by atoms with Crippen molar-refractivity contribution in [2.45, 2.75) is 18.9 Å². The van der Waals surface area contributed by atoms with E-state index in [0.717, 1.165) is 17.5 Å². The maximum absolute atomic E-state index is 12.2. The molecular formula is C18H18ClN3O2. The topological polar surface area (TPSA) is 84.2 Å². The lowest BCUT2D eigenvalue weighted by Crippen LogP contribution is -2.25. The average molecular weight is 344 g/mol. The van der Waals surface area contributed by atoms with Gasteiger partial charge in [-0.05, 0) is 47.7 Å². The number of urea groups is 1. The third-order valence-corrected chi connectivity index (χ3v) is 4.33. The molecule has 0 spiro atoms. The van der Waals surface area contributed by atoms with Gasteiger partial charge in [0.25, 0.3) is 0 Å². The van der Waals surface area contributed by atoms with E-state index in [-0.39, 0.29) is 17.7 Å². The Morgan fingerprint density at radius 1 is 1.17 bits per heavy atom. The Morgan fingerprint density at radius 3 is 2.58 bits per heavy atom. The summed E-state index contributed by atoms with van der Waals surface area (Å²) >= 11 is 5.99. The van der Waals surface area contributed by atoms with Gasteiger partial charge in [0.2, 0.25) is 5.91 Å². The van der Waals surface area contributed by atoms with E-state index >= 15 is 0 Å². The summed E-state index contributed by atoms with van der Waals surface area (Å²) in [6, 6.07) is 14.2. The summed E-state index contributed by atoms with van der Waals surface area (Å²) in [5.41, 5.74) is 7.75. The number of carbonyl (C=O) groups excluding carboxylic acids is 2. The molecule has 3 rings (SSSR count). The van der Waals surface area contributed by atoms with Gasteiger partial charge in [-0.25, -0.2) is 4.79 Å². The van der Waals surface area contributed by atoms with Crippen molar-refractivity contribution >= 4 is 29.2 Å². The number of halogens is 1. The summed E-state index contributed by atoms with van der Waals surface area (Å²) in [7, 11) is 0. The lowest BCUT2D eigenvalue weighted by molar-refractivity contribution is -0.122. The molecule has 1 aliphatic rings. The molecule has 0 saturated heterocycles. The maximum atomic E-state index is 12.2. The fourth-order valence-corrected chi connectivity index (χ4v) is 2.96. The van der Waals surface area contributed by atoms with Gasteiger partial charge in [0.15, 0.2) is 0 Å². The van der Waals surface area contributed by atoms with Gasteiger partial charge in [0.1, 0.15) is 0 Å². The molecule has 24 heavy (non-hydrogen) atoms. The van der Waals surface area contributed by atoms with Crippen molar-refractivity contribution in [3.8, 4) is 0 Å². The first kappa shape index (κ1) is 16.3. The Kier molecular flexibility index (Phi) is 4.71. The van der Waals surface area contributed by atoms with Crippen LogP contribution in [0.15, 0.2) is 48.5 Å². The number of benzene rings is 2. The number of carbonyl (C=O) groups is 2. The lowest BCUT2D eigenvalue weighted by atomic mass is 10.1. The van der Waals surface area contributed by atoms with Crippen LogP contribution >= 0.6 is 11.6 Å². The Morgan fingerprint density at radius 2 is 1.92 bits per heavy atom. The zero-order chi connectivity index (χ0) is 17.1. The van der Waals surface area contributed by atoms with Gasteiger partial charge in [-0.3, -0.25) is 4.79 Å². The highest BCUT2D eigenvalue weighted by molar-refractivity contribution is 6.30. The minimum absolute atomic E-state index is 0.0132. The average Bonchev–Trinajstić information content (AvgIpc) is 3.34. The number of amides is 3. The second-order valence-electron chi connectivity index (χ2n) is 5.91.